The highest BCUT2D eigenvalue weighted by Crippen LogP contribution is 2.27. The molecule has 4 rings (SSSR count). The lowest BCUT2D eigenvalue weighted by Crippen LogP contribution is -2.51. The molecule has 2 aromatic rings. The van der Waals surface area contributed by atoms with Crippen molar-refractivity contribution >= 4 is 17.5 Å². The van der Waals surface area contributed by atoms with E-state index in [2.05, 4.69) is 11.0 Å². The quantitative estimate of drug-likeness (QED) is 0.650. The predicted molar refractivity (Wildman–Crippen MR) is 127 cm³/mol. The highest BCUT2D eigenvalue weighted by molar-refractivity contribution is 6.31. The largest absolute Gasteiger partial charge is 0.492 e. The number of benzene rings is 2. The summed E-state index contributed by atoms with van der Waals surface area (Å²) in [6.45, 7) is 3.93. The number of halogens is 1. The van der Waals surface area contributed by atoms with Crippen molar-refractivity contribution in [2.24, 2.45) is 0 Å². The van der Waals surface area contributed by atoms with Crippen molar-refractivity contribution in [3.63, 3.8) is 0 Å². The third kappa shape index (κ3) is 5.64. The number of hydrogen-bond donors (Lipinski definition) is 0. The fraction of sp³-hybridized carbons (Fsp3) is 0.500. The van der Waals surface area contributed by atoms with Crippen molar-refractivity contribution in [3.8, 4) is 5.75 Å². The van der Waals surface area contributed by atoms with Crippen molar-refractivity contribution in [3.05, 3.63) is 64.7 Å². The Morgan fingerprint density at radius 1 is 1.03 bits per heavy atom. The molecule has 1 amide bonds. The first kappa shape index (κ1) is 23.1. The minimum atomic E-state index is 0.0830. The molecule has 2 aliphatic rings. The second kappa shape index (κ2) is 11.2. The Morgan fingerprint density at radius 3 is 2.75 bits per heavy atom. The Morgan fingerprint density at radius 2 is 1.91 bits per heavy atom. The van der Waals surface area contributed by atoms with Crippen LogP contribution in [-0.2, 0) is 11.3 Å². The van der Waals surface area contributed by atoms with E-state index in [9.17, 15) is 4.79 Å². The first-order chi connectivity index (χ1) is 15.7. The van der Waals surface area contributed by atoms with Crippen LogP contribution in [0.4, 0.5) is 0 Å². The summed E-state index contributed by atoms with van der Waals surface area (Å²) in [6.07, 6.45) is 5.15. The molecule has 2 atom stereocenters. The predicted octanol–water partition coefficient (Wildman–Crippen LogP) is 5.02. The van der Waals surface area contributed by atoms with Gasteiger partial charge in [-0.05, 0) is 62.1 Å². The maximum absolute atomic E-state index is 13.4. The normalized spacial score (nSPS) is 23.2. The monoisotopic (exact) mass is 456 g/mol. The van der Waals surface area contributed by atoms with Crippen LogP contribution in [0.15, 0.2) is 48.5 Å². The van der Waals surface area contributed by atoms with Gasteiger partial charge in [-0.1, -0.05) is 42.3 Å². The van der Waals surface area contributed by atoms with Crippen LogP contribution in [0.5, 0.6) is 5.75 Å². The van der Waals surface area contributed by atoms with Gasteiger partial charge in [0.15, 0.2) is 0 Å². The minimum absolute atomic E-state index is 0.0830. The highest BCUT2D eigenvalue weighted by Gasteiger charge is 2.34. The number of fused-ring (bicyclic) bond motifs is 3. The van der Waals surface area contributed by atoms with Crippen LogP contribution in [0.2, 0.25) is 5.02 Å². The molecule has 0 aliphatic carbocycles. The zero-order valence-electron chi connectivity index (χ0n) is 18.8. The molecule has 32 heavy (non-hydrogen) atoms. The molecule has 0 saturated carbocycles. The van der Waals surface area contributed by atoms with Crippen LogP contribution >= 0.6 is 11.6 Å². The Balaban J connectivity index is 1.54. The van der Waals surface area contributed by atoms with Gasteiger partial charge in [-0.25, -0.2) is 0 Å². The molecule has 0 N–H and O–H groups in total. The third-order valence-electron chi connectivity index (χ3n) is 6.61. The summed E-state index contributed by atoms with van der Waals surface area (Å²) in [4.78, 5) is 17.8. The lowest BCUT2D eigenvalue weighted by Gasteiger charge is -2.41. The van der Waals surface area contributed by atoms with Gasteiger partial charge in [-0.3, -0.25) is 9.69 Å². The molecule has 0 aromatic heterocycles. The molecule has 0 radical (unpaired) electrons. The van der Waals surface area contributed by atoms with Gasteiger partial charge >= 0.3 is 0 Å². The molecule has 0 unspecified atom stereocenters. The zero-order chi connectivity index (χ0) is 22.3. The summed E-state index contributed by atoms with van der Waals surface area (Å²) in [5, 5.41) is 0.805. The summed E-state index contributed by atoms with van der Waals surface area (Å²) in [7, 11) is 1.77. The van der Waals surface area contributed by atoms with Crippen LogP contribution in [0.25, 0.3) is 0 Å². The molecule has 2 aromatic carbocycles. The second-order valence-corrected chi connectivity index (χ2v) is 9.13. The van der Waals surface area contributed by atoms with Crippen LogP contribution in [0, 0.1) is 0 Å². The third-order valence-corrected chi connectivity index (χ3v) is 6.98. The fourth-order valence-electron chi connectivity index (χ4n) is 4.89. The molecule has 5 nitrogen and oxygen atoms in total. The Kier molecular flexibility index (Phi) is 8.06. The molecular weight excluding hydrogens is 424 g/mol. The van der Waals surface area contributed by atoms with E-state index in [0.717, 1.165) is 74.6 Å². The van der Waals surface area contributed by atoms with Crippen LogP contribution in [0.3, 0.4) is 0 Å². The van der Waals surface area contributed by atoms with Crippen molar-refractivity contribution in [1.82, 2.24) is 9.80 Å². The number of methoxy groups -OCH3 is 1. The molecule has 2 heterocycles. The number of piperidine rings is 1. The summed E-state index contributed by atoms with van der Waals surface area (Å²) in [5.41, 5.74) is 1.83. The van der Waals surface area contributed by atoms with Gasteiger partial charge in [0.25, 0.3) is 5.91 Å². The number of carbonyl (C=O) groups is 1. The first-order valence-corrected chi connectivity index (χ1v) is 12.1. The van der Waals surface area contributed by atoms with E-state index in [1.165, 1.54) is 0 Å². The lowest BCUT2D eigenvalue weighted by molar-refractivity contribution is -0.0156. The van der Waals surface area contributed by atoms with E-state index in [4.69, 9.17) is 21.1 Å². The van der Waals surface area contributed by atoms with E-state index >= 15 is 0 Å². The Bertz CT molecular complexity index is 906. The van der Waals surface area contributed by atoms with Gasteiger partial charge in [-0.15, -0.1) is 0 Å². The van der Waals surface area contributed by atoms with Crippen LogP contribution in [0.1, 0.15) is 48.0 Å². The molecular formula is C26H33ClN2O3. The van der Waals surface area contributed by atoms with E-state index in [1.807, 2.05) is 47.4 Å². The first-order valence-electron chi connectivity index (χ1n) is 11.7. The Labute approximate surface area is 196 Å². The van der Waals surface area contributed by atoms with Gasteiger partial charge in [0.05, 0.1) is 12.1 Å². The van der Waals surface area contributed by atoms with Gasteiger partial charge in [0.2, 0.25) is 0 Å². The van der Waals surface area contributed by atoms with Gasteiger partial charge in [0, 0.05) is 37.3 Å². The number of ether oxygens (including phenoxy) is 2. The SMILES string of the molecule is CO[C@@H]1CCCN2C(=O)c3cccc(c3)OCCN(Cc3ccccc3Cl)CCCC[C@H]12. The molecule has 2 bridgehead atoms. The molecule has 1 saturated heterocycles. The van der Waals surface area contributed by atoms with E-state index in [0.29, 0.717) is 12.2 Å². The summed E-state index contributed by atoms with van der Waals surface area (Å²) >= 11 is 6.42. The lowest BCUT2D eigenvalue weighted by atomic mass is 9.93. The second-order valence-electron chi connectivity index (χ2n) is 8.72. The molecule has 2 aliphatic heterocycles. The number of nitrogens with zero attached hydrogens (tertiary/aromatic N) is 2. The molecule has 0 spiro atoms. The number of carbonyl (C=O) groups excluding carboxylic acids is 1. The molecule has 172 valence electrons. The maximum Gasteiger partial charge on any atom is 0.254 e. The van der Waals surface area contributed by atoms with Crippen LogP contribution in [-0.4, -0.2) is 61.2 Å². The minimum Gasteiger partial charge on any atom is -0.492 e. The van der Waals surface area contributed by atoms with E-state index < -0.39 is 0 Å². The zero-order valence-corrected chi connectivity index (χ0v) is 19.6. The maximum atomic E-state index is 13.4. The van der Waals surface area contributed by atoms with E-state index in [-0.39, 0.29) is 18.1 Å². The number of rotatable bonds is 3. The van der Waals surface area contributed by atoms with Crippen molar-refractivity contribution < 1.29 is 14.3 Å². The standard InChI is InChI=1S/C26H33ClN2O3/c1-31-25-13-7-15-29-24(25)12-4-5-14-28(19-21-8-2-3-11-23(21)27)16-17-32-22-10-6-9-20(18-22)26(29)30/h2-3,6,8-11,18,24-25H,4-5,7,12-17,19H2,1H3/t24-,25-/m1/s1. The summed E-state index contributed by atoms with van der Waals surface area (Å²) < 4.78 is 11.8. The number of amides is 1. The Hall–Kier alpha value is -2.08. The van der Waals surface area contributed by atoms with Gasteiger partial charge < -0.3 is 14.4 Å². The van der Waals surface area contributed by atoms with Gasteiger partial charge in [0.1, 0.15) is 12.4 Å². The van der Waals surface area contributed by atoms with Crippen molar-refractivity contribution in [2.45, 2.75) is 50.8 Å². The smallest absolute Gasteiger partial charge is 0.254 e. The molecule has 1 fully saturated rings. The average Bonchev–Trinajstić information content (AvgIpc) is 2.82. The van der Waals surface area contributed by atoms with Crippen molar-refractivity contribution in [1.29, 1.82) is 0 Å². The number of hydrogen-bond acceptors (Lipinski definition) is 4. The van der Waals surface area contributed by atoms with Crippen LogP contribution < -0.4 is 4.74 Å². The van der Waals surface area contributed by atoms with Gasteiger partial charge in [-0.2, -0.15) is 0 Å². The van der Waals surface area contributed by atoms with Crippen molar-refractivity contribution in [2.75, 3.05) is 33.4 Å². The fourth-order valence-corrected chi connectivity index (χ4v) is 5.09. The summed E-state index contributed by atoms with van der Waals surface area (Å²) in [6, 6.07) is 15.7. The molecule has 6 heteroatoms. The average molecular weight is 457 g/mol. The highest BCUT2D eigenvalue weighted by atomic mass is 35.5. The topological polar surface area (TPSA) is 42.0 Å². The summed E-state index contributed by atoms with van der Waals surface area (Å²) in [5.74, 6) is 0.821. The van der Waals surface area contributed by atoms with E-state index in [1.54, 1.807) is 7.11 Å².